The SMILES string of the molecule is COc1cc(OC)cc(N2Cc3cnc(NCCNCc4ccncc4)nc3NC2=O)c1. The second kappa shape index (κ2) is 9.92. The molecule has 2 amide bonds. The molecule has 0 atom stereocenters. The van der Waals surface area contributed by atoms with Gasteiger partial charge in [-0.05, 0) is 17.7 Å². The quantitative estimate of drug-likeness (QED) is 0.440. The van der Waals surface area contributed by atoms with E-state index in [1.165, 1.54) is 5.56 Å². The summed E-state index contributed by atoms with van der Waals surface area (Å²) in [5.41, 5.74) is 2.64. The molecule has 10 heteroatoms. The molecule has 2 aromatic heterocycles. The second-order valence-corrected chi connectivity index (χ2v) is 7.11. The first-order valence-electron chi connectivity index (χ1n) is 10.2. The summed E-state index contributed by atoms with van der Waals surface area (Å²) in [6, 6.07) is 8.98. The van der Waals surface area contributed by atoms with Gasteiger partial charge in [0, 0.05) is 62.0 Å². The van der Waals surface area contributed by atoms with Crippen molar-refractivity contribution in [1.29, 1.82) is 0 Å². The number of hydrogen-bond donors (Lipinski definition) is 3. The summed E-state index contributed by atoms with van der Waals surface area (Å²) in [6.45, 7) is 2.48. The average Bonchev–Trinajstić information content (AvgIpc) is 2.83. The first kappa shape index (κ1) is 21.3. The minimum atomic E-state index is -0.281. The van der Waals surface area contributed by atoms with Crippen molar-refractivity contribution in [3.63, 3.8) is 0 Å². The minimum absolute atomic E-state index is 0.281. The number of fused-ring (bicyclic) bond motifs is 1. The highest BCUT2D eigenvalue weighted by atomic mass is 16.5. The molecule has 1 aromatic carbocycles. The number of pyridine rings is 1. The van der Waals surface area contributed by atoms with Crippen LogP contribution in [0.15, 0.2) is 48.9 Å². The van der Waals surface area contributed by atoms with Crippen molar-refractivity contribution in [3.05, 3.63) is 60.0 Å². The summed E-state index contributed by atoms with van der Waals surface area (Å²) in [7, 11) is 3.14. The molecule has 0 radical (unpaired) electrons. The Morgan fingerprint density at radius 1 is 1.09 bits per heavy atom. The molecule has 0 unspecified atom stereocenters. The number of methoxy groups -OCH3 is 2. The van der Waals surface area contributed by atoms with Crippen LogP contribution < -0.4 is 30.3 Å². The number of rotatable bonds is 9. The predicted octanol–water partition coefficient (Wildman–Crippen LogP) is 2.64. The second-order valence-electron chi connectivity index (χ2n) is 7.11. The molecule has 0 fully saturated rings. The highest BCUT2D eigenvalue weighted by Crippen LogP contribution is 2.32. The molecule has 3 N–H and O–H groups in total. The van der Waals surface area contributed by atoms with Crippen molar-refractivity contribution in [2.75, 3.05) is 42.8 Å². The van der Waals surface area contributed by atoms with Gasteiger partial charge in [0.1, 0.15) is 17.3 Å². The van der Waals surface area contributed by atoms with Crippen molar-refractivity contribution in [1.82, 2.24) is 20.3 Å². The molecule has 3 aromatic rings. The minimum Gasteiger partial charge on any atom is -0.497 e. The fourth-order valence-electron chi connectivity index (χ4n) is 3.28. The Labute approximate surface area is 186 Å². The Bertz CT molecular complexity index is 1060. The lowest BCUT2D eigenvalue weighted by Gasteiger charge is -2.29. The monoisotopic (exact) mass is 435 g/mol. The smallest absolute Gasteiger partial charge is 0.327 e. The molecule has 4 rings (SSSR count). The van der Waals surface area contributed by atoms with E-state index in [1.807, 2.05) is 12.1 Å². The highest BCUT2D eigenvalue weighted by Gasteiger charge is 2.26. The molecular weight excluding hydrogens is 410 g/mol. The van der Waals surface area contributed by atoms with Gasteiger partial charge < -0.3 is 20.1 Å². The molecule has 0 spiro atoms. The van der Waals surface area contributed by atoms with Crippen molar-refractivity contribution in [2.24, 2.45) is 0 Å². The van der Waals surface area contributed by atoms with Crippen LogP contribution in [0.2, 0.25) is 0 Å². The van der Waals surface area contributed by atoms with Crippen molar-refractivity contribution < 1.29 is 14.3 Å². The number of amides is 2. The molecule has 0 saturated carbocycles. The van der Waals surface area contributed by atoms with Gasteiger partial charge in [0.2, 0.25) is 5.95 Å². The van der Waals surface area contributed by atoms with Gasteiger partial charge in [-0.25, -0.2) is 9.78 Å². The van der Waals surface area contributed by atoms with Gasteiger partial charge in [-0.3, -0.25) is 15.2 Å². The molecule has 166 valence electrons. The van der Waals surface area contributed by atoms with E-state index in [2.05, 4.69) is 30.9 Å². The number of ether oxygens (including phenoxy) is 2. The van der Waals surface area contributed by atoms with Crippen LogP contribution >= 0.6 is 0 Å². The maximum Gasteiger partial charge on any atom is 0.327 e. The third kappa shape index (κ3) is 5.03. The van der Waals surface area contributed by atoms with Crippen LogP contribution in [0.1, 0.15) is 11.1 Å². The van der Waals surface area contributed by atoms with Gasteiger partial charge in [-0.2, -0.15) is 4.98 Å². The maximum absolute atomic E-state index is 12.7. The number of urea groups is 1. The zero-order valence-corrected chi connectivity index (χ0v) is 18.0. The fourth-order valence-corrected chi connectivity index (χ4v) is 3.28. The molecule has 1 aliphatic rings. The summed E-state index contributed by atoms with van der Waals surface area (Å²) in [4.78, 5) is 27.2. The van der Waals surface area contributed by atoms with E-state index in [4.69, 9.17) is 9.47 Å². The summed E-state index contributed by atoms with van der Waals surface area (Å²) < 4.78 is 10.6. The first-order valence-corrected chi connectivity index (χ1v) is 10.2. The average molecular weight is 435 g/mol. The predicted molar refractivity (Wildman–Crippen MR) is 121 cm³/mol. The number of hydrogen-bond acceptors (Lipinski definition) is 8. The zero-order chi connectivity index (χ0) is 22.3. The molecular formula is C22H25N7O3. The Morgan fingerprint density at radius 3 is 2.56 bits per heavy atom. The molecule has 0 aliphatic carbocycles. The number of carbonyl (C=O) groups excluding carboxylic acids is 1. The molecule has 1 aliphatic heterocycles. The largest absolute Gasteiger partial charge is 0.497 e. The summed E-state index contributed by atoms with van der Waals surface area (Å²) >= 11 is 0. The third-order valence-corrected chi connectivity index (χ3v) is 4.97. The molecule has 32 heavy (non-hydrogen) atoms. The number of anilines is 3. The van der Waals surface area contributed by atoms with Crippen LogP contribution in [-0.4, -0.2) is 48.3 Å². The van der Waals surface area contributed by atoms with Gasteiger partial charge in [0.25, 0.3) is 0 Å². The number of carbonyl (C=O) groups is 1. The highest BCUT2D eigenvalue weighted by molar-refractivity contribution is 6.03. The zero-order valence-electron chi connectivity index (χ0n) is 18.0. The van der Waals surface area contributed by atoms with Gasteiger partial charge in [-0.15, -0.1) is 0 Å². The molecule has 10 nitrogen and oxygen atoms in total. The normalized spacial score (nSPS) is 12.7. The lowest BCUT2D eigenvalue weighted by molar-refractivity contribution is 0.256. The number of benzene rings is 1. The molecule has 0 saturated heterocycles. The summed E-state index contributed by atoms with van der Waals surface area (Å²) in [5.74, 6) is 2.17. The first-order chi connectivity index (χ1) is 15.7. The van der Waals surface area contributed by atoms with Gasteiger partial charge >= 0.3 is 6.03 Å². The van der Waals surface area contributed by atoms with Gasteiger partial charge in [0.05, 0.1) is 26.5 Å². The molecule has 0 bridgehead atoms. The number of nitrogens with zero attached hydrogens (tertiary/aromatic N) is 4. The van der Waals surface area contributed by atoms with Crippen molar-refractivity contribution in [3.8, 4) is 11.5 Å². The topological polar surface area (TPSA) is 114 Å². The van der Waals surface area contributed by atoms with E-state index >= 15 is 0 Å². The van der Waals surface area contributed by atoms with E-state index in [1.54, 1.807) is 55.9 Å². The van der Waals surface area contributed by atoms with Gasteiger partial charge in [0.15, 0.2) is 0 Å². The lowest BCUT2D eigenvalue weighted by Crippen LogP contribution is -2.39. The van der Waals surface area contributed by atoms with Crippen LogP contribution in [0.4, 0.5) is 22.2 Å². The summed E-state index contributed by atoms with van der Waals surface area (Å²) in [5, 5.41) is 9.35. The number of aromatic nitrogens is 3. The van der Waals surface area contributed by atoms with Crippen LogP contribution in [0.5, 0.6) is 11.5 Å². The van der Waals surface area contributed by atoms with Crippen LogP contribution in [0, 0.1) is 0 Å². The molecule has 3 heterocycles. The van der Waals surface area contributed by atoms with Crippen LogP contribution in [0.3, 0.4) is 0 Å². The summed E-state index contributed by atoms with van der Waals surface area (Å²) in [6.07, 6.45) is 5.27. The number of nitrogens with one attached hydrogen (secondary N) is 3. The van der Waals surface area contributed by atoms with Crippen molar-refractivity contribution in [2.45, 2.75) is 13.1 Å². The van der Waals surface area contributed by atoms with E-state index in [-0.39, 0.29) is 6.03 Å². The van der Waals surface area contributed by atoms with Gasteiger partial charge in [-0.1, -0.05) is 0 Å². The Balaban J connectivity index is 1.36. The van der Waals surface area contributed by atoms with E-state index < -0.39 is 0 Å². The lowest BCUT2D eigenvalue weighted by atomic mass is 10.2. The van der Waals surface area contributed by atoms with E-state index in [9.17, 15) is 4.79 Å². The maximum atomic E-state index is 12.7. The Kier molecular flexibility index (Phi) is 6.61. The van der Waals surface area contributed by atoms with Crippen LogP contribution in [0.25, 0.3) is 0 Å². The van der Waals surface area contributed by atoms with Crippen molar-refractivity contribution >= 4 is 23.5 Å². The Hall–Kier alpha value is -3.92. The van der Waals surface area contributed by atoms with Crippen LogP contribution in [-0.2, 0) is 13.1 Å². The third-order valence-electron chi connectivity index (χ3n) is 4.97. The fraction of sp³-hybridized carbons (Fsp3) is 0.273. The Morgan fingerprint density at radius 2 is 1.84 bits per heavy atom. The van der Waals surface area contributed by atoms with E-state index in [0.717, 1.165) is 18.7 Å². The standard InChI is InChI=1S/C22H25N7O3/c1-31-18-9-17(10-19(11-18)32-2)29-14-16-13-26-21(27-20(16)28-22(29)30)25-8-7-24-12-15-3-5-23-6-4-15/h3-6,9-11,13,24H,7-8,12,14H2,1-2H3,(H2,25,26,27,28,30). The van der Waals surface area contributed by atoms with E-state index in [0.29, 0.717) is 42.0 Å².